The fourth-order valence-electron chi connectivity index (χ4n) is 1.41. The van der Waals surface area contributed by atoms with Crippen LogP contribution in [0.15, 0.2) is 30.3 Å². The number of methoxy groups -OCH3 is 1. The molecule has 1 heterocycles. The highest BCUT2D eigenvalue weighted by atomic mass is 16.5. The van der Waals surface area contributed by atoms with Gasteiger partial charge in [-0.05, 0) is 25.1 Å². The van der Waals surface area contributed by atoms with Crippen LogP contribution < -0.4 is 9.47 Å². The first-order valence-corrected chi connectivity index (χ1v) is 5.29. The monoisotopic (exact) mass is 241 g/mol. The van der Waals surface area contributed by atoms with Crippen LogP contribution >= 0.6 is 0 Å². The predicted octanol–water partition coefficient (Wildman–Crippen LogP) is 2.46. The second-order valence-corrected chi connectivity index (χ2v) is 3.57. The fourth-order valence-corrected chi connectivity index (χ4v) is 1.41. The van der Waals surface area contributed by atoms with Crippen LogP contribution in [0.2, 0.25) is 0 Å². The van der Waals surface area contributed by atoms with Crippen molar-refractivity contribution in [2.75, 3.05) is 7.11 Å². The van der Waals surface area contributed by atoms with E-state index in [9.17, 15) is 0 Å². The number of rotatable bonds is 3. The number of hydrogen-bond acceptors (Lipinski definition) is 5. The summed E-state index contributed by atoms with van der Waals surface area (Å²) in [6.45, 7) is 1.78. The largest absolute Gasteiger partial charge is 0.497 e. The van der Waals surface area contributed by atoms with Crippen LogP contribution in [0, 0.1) is 18.3 Å². The average Bonchev–Trinajstić information content (AvgIpc) is 2.38. The second-order valence-electron chi connectivity index (χ2n) is 3.57. The summed E-state index contributed by atoms with van der Waals surface area (Å²) in [4.78, 5) is 8.07. The summed E-state index contributed by atoms with van der Waals surface area (Å²) >= 11 is 0. The van der Waals surface area contributed by atoms with Crippen molar-refractivity contribution in [2.45, 2.75) is 6.92 Å². The molecule has 0 atom stereocenters. The molecule has 0 amide bonds. The Balaban J connectivity index is 2.28. The lowest BCUT2D eigenvalue weighted by Crippen LogP contribution is -1.96. The van der Waals surface area contributed by atoms with Gasteiger partial charge in [-0.15, -0.1) is 0 Å². The lowest BCUT2D eigenvalue weighted by Gasteiger charge is -2.06. The van der Waals surface area contributed by atoms with E-state index in [-0.39, 0.29) is 11.7 Å². The zero-order valence-corrected chi connectivity index (χ0v) is 10.0. The number of hydrogen-bond donors (Lipinski definition) is 0. The van der Waals surface area contributed by atoms with Crippen molar-refractivity contribution in [1.29, 1.82) is 5.26 Å². The third-order valence-corrected chi connectivity index (χ3v) is 2.20. The van der Waals surface area contributed by atoms with Gasteiger partial charge in [0.15, 0.2) is 0 Å². The van der Waals surface area contributed by atoms with Crippen LogP contribution in [-0.4, -0.2) is 17.1 Å². The van der Waals surface area contributed by atoms with E-state index in [1.54, 1.807) is 38.3 Å². The minimum atomic E-state index is 0.153. The molecule has 18 heavy (non-hydrogen) atoms. The normalized spacial score (nSPS) is 9.61. The number of aromatic nitrogens is 2. The molecule has 1 aromatic carbocycles. The van der Waals surface area contributed by atoms with Crippen LogP contribution in [-0.2, 0) is 0 Å². The van der Waals surface area contributed by atoms with Gasteiger partial charge in [0.1, 0.15) is 23.3 Å². The van der Waals surface area contributed by atoms with Crippen molar-refractivity contribution in [1.82, 2.24) is 9.97 Å². The van der Waals surface area contributed by atoms with Crippen LogP contribution in [0.1, 0.15) is 11.4 Å². The summed E-state index contributed by atoms with van der Waals surface area (Å²) in [6, 6.07) is 10.8. The summed E-state index contributed by atoms with van der Waals surface area (Å²) < 4.78 is 10.6. The zero-order chi connectivity index (χ0) is 13.0. The molecule has 0 saturated carbocycles. The molecule has 5 heteroatoms. The van der Waals surface area contributed by atoms with Crippen molar-refractivity contribution in [2.24, 2.45) is 0 Å². The Kier molecular flexibility index (Phi) is 3.39. The van der Waals surface area contributed by atoms with E-state index in [2.05, 4.69) is 9.97 Å². The summed E-state index contributed by atoms with van der Waals surface area (Å²) in [5.74, 6) is 1.24. The first-order valence-electron chi connectivity index (χ1n) is 5.29. The Hall–Kier alpha value is -2.61. The van der Waals surface area contributed by atoms with E-state index in [4.69, 9.17) is 14.7 Å². The molecule has 0 fully saturated rings. The minimum absolute atomic E-state index is 0.153. The smallest absolute Gasteiger partial charge is 0.323 e. The number of benzene rings is 1. The molecule has 0 aliphatic carbocycles. The van der Waals surface area contributed by atoms with Gasteiger partial charge in [0, 0.05) is 11.8 Å². The van der Waals surface area contributed by atoms with E-state index < -0.39 is 0 Å². The molecule has 0 N–H and O–H groups in total. The number of nitriles is 1. The third kappa shape index (κ3) is 2.74. The lowest BCUT2D eigenvalue weighted by atomic mass is 10.3. The highest BCUT2D eigenvalue weighted by Crippen LogP contribution is 2.23. The van der Waals surface area contributed by atoms with Crippen molar-refractivity contribution in [3.05, 3.63) is 41.7 Å². The molecule has 0 bridgehead atoms. The Morgan fingerprint density at radius 3 is 2.67 bits per heavy atom. The van der Waals surface area contributed by atoms with Crippen LogP contribution in [0.4, 0.5) is 0 Å². The van der Waals surface area contributed by atoms with Gasteiger partial charge < -0.3 is 9.47 Å². The van der Waals surface area contributed by atoms with Gasteiger partial charge in [0.2, 0.25) is 0 Å². The summed E-state index contributed by atoms with van der Waals surface area (Å²) in [5.41, 5.74) is 0.958. The van der Waals surface area contributed by atoms with Gasteiger partial charge in [-0.25, -0.2) is 4.98 Å². The maximum Gasteiger partial charge on any atom is 0.323 e. The lowest BCUT2D eigenvalue weighted by molar-refractivity contribution is 0.404. The number of nitrogens with zero attached hydrogens (tertiary/aromatic N) is 3. The molecule has 2 rings (SSSR count). The van der Waals surface area contributed by atoms with Gasteiger partial charge in [0.05, 0.1) is 7.11 Å². The molecule has 5 nitrogen and oxygen atoms in total. The number of aryl methyl sites for hydroxylation is 1. The highest BCUT2D eigenvalue weighted by Gasteiger charge is 2.05. The van der Waals surface area contributed by atoms with Crippen molar-refractivity contribution in [3.8, 4) is 23.6 Å². The SMILES string of the molecule is COc1cccc(Oc2nc(C)cc(C#N)n2)c1. The summed E-state index contributed by atoms with van der Waals surface area (Å²) in [5, 5.41) is 8.82. The Labute approximate surface area is 105 Å². The average molecular weight is 241 g/mol. The Morgan fingerprint density at radius 1 is 1.17 bits per heavy atom. The Morgan fingerprint density at radius 2 is 1.94 bits per heavy atom. The molecule has 0 spiro atoms. The zero-order valence-electron chi connectivity index (χ0n) is 10.0. The summed E-state index contributed by atoms with van der Waals surface area (Å²) in [6.07, 6.45) is 0. The Bertz CT molecular complexity index is 605. The van der Waals surface area contributed by atoms with Gasteiger partial charge in [-0.2, -0.15) is 10.2 Å². The fraction of sp³-hybridized carbons (Fsp3) is 0.154. The van der Waals surface area contributed by atoms with E-state index in [0.717, 1.165) is 0 Å². The molecule has 2 aromatic rings. The first kappa shape index (κ1) is 11.9. The third-order valence-electron chi connectivity index (χ3n) is 2.20. The standard InChI is InChI=1S/C13H11N3O2/c1-9-6-10(8-14)16-13(15-9)18-12-5-3-4-11(7-12)17-2/h3-7H,1-2H3. The quantitative estimate of drug-likeness (QED) is 0.825. The second kappa shape index (κ2) is 5.15. The molecule has 0 unspecified atom stereocenters. The maximum absolute atomic E-state index is 8.82. The van der Waals surface area contributed by atoms with Crippen molar-refractivity contribution < 1.29 is 9.47 Å². The van der Waals surface area contributed by atoms with Crippen molar-refractivity contribution in [3.63, 3.8) is 0 Å². The molecule has 1 aromatic heterocycles. The topological polar surface area (TPSA) is 68.0 Å². The van der Waals surface area contributed by atoms with Gasteiger partial charge >= 0.3 is 6.01 Å². The molecular weight excluding hydrogens is 230 g/mol. The first-order chi connectivity index (χ1) is 8.71. The highest BCUT2D eigenvalue weighted by molar-refractivity contribution is 5.35. The van der Waals surface area contributed by atoms with Crippen LogP contribution in [0.25, 0.3) is 0 Å². The van der Waals surface area contributed by atoms with Crippen LogP contribution in [0.3, 0.4) is 0 Å². The molecule has 0 radical (unpaired) electrons. The molecule has 0 aliphatic heterocycles. The molecular formula is C13H11N3O2. The molecule has 90 valence electrons. The van der Waals surface area contributed by atoms with E-state index in [1.165, 1.54) is 0 Å². The van der Waals surface area contributed by atoms with Gasteiger partial charge in [0.25, 0.3) is 0 Å². The summed E-state index contributed by atoms with van der Waals surface area (Å²) in [7, 11) is 1.58. The van der Waals surface area contributed by atoms with E-state index in [0.29, 0.717) is 17.2 Å². The van der Waals surface area contributed by atoms with E-state index in [1.807, 2.05) is 12.1 Å². The molecule has 0 aliphatic rings. The van der Waals surface area contributed by atoms with E-state index >= 15 is 0 Å². The number of ether oxygens (including phenoxy) is 2. The van der Waals surface area contributed by atoms with Crippen LogP contribution in [0.5, 0.6) is 17.5 Å². The minimum Gasteiger partial charge on any atom is -0.497 e. The van der Waals surface area contributed by atoms with Crippen molar-refractivity contribution >= 4 is 0 Å². The maximum atomic E-state index is 8.82. The predicted molar refractivity (Wildman–Crippen MR) is 64.6 cm³/mol. The van der Waals surface area contributed by atoms with Gasteiger partial charge in [-0.1, -0.05) is 6.07 Å². The molecule has 0 saturated heterocycles. The van der Waals surface area contributed by atoms with Gasteiger partial charge in [-0.3, -0.25) is 0 Å².